The van der Waals surface area contributed by atoms with Gasteiger partial charge in [-0.1, -0.05) is 0 Å². The second kappa shape index (κ2) is 5.47. The standard InChI is InChI=1S/C15H8F6N4O2/c16-14(17,18)8-5-9(15(19,20)21)22-12-7(8)1-2-10-23-11(6-25(10)12)24-3-4-27-13(24)26/h1-2,5-6H,3-4H2. The molecule has 0 saturated carbocycles. The Balaban J connectivity index is 2.02. The lowest BCUT2D eigenvalue weighted by molar-refractivity contribution is -0.144. The molecule has 1 amide bonds. The molecule has 4 heterocycles. The Bertz CT molecular complexity index is 1070. The smallest absolute Gasteiger partial charge is 0.433 e. The van der Waals surface area contributed by atoms with Gasteiger partial charge in [-0.2, -0.15) is 26.3 Å². The lowest BCUT2D eigenvalue weighted by Gasteiger charge is -2.14. The zero-order valence-electron chi connectivity index (χ0n) is 13.1. The normalized spacial score (nSPS) is 15.8. The number of nitrogens with zero attached hydrogens (tertiary/aromatic N) is 4. The van der Waals surface area contributed by atoms with Crippen LogP contribution in [0.15, 0.2) is 24.4 Å². The van der Waals surface area contributed by atoms with Crippen molar-refractivity contribution in [2.24, 2.45) is 0 Å². The van der Waals surface area contributed by atoms with Crippen molar-refractivity contribution in [3.05, 3.63) is 35.7 Å². The summed E-state index contributed by atoms with van der Waals surface area (Å²) >= 11 is 0. The Hall–Kier alpha value is -3.05. The van der Waals surface area contributed by atoms with Gasteiger partial charge in [-0.25, -0.2) is 14.8 Å². The number of cyclic esters (lactones) is 1. The molecule has 27 heavy (non-hydrogen) atoms. The van der Waals surface area contributed by atoms with Crippen LogP contribution in [0.4, 0.5) is 37.0 Å². The van der Waals surface area contributed by atoms with Gasteiger partial charge in [0.2, 0.25) is 0 Å². The summed E-state index contributed by atoms with van der Waals surface area (Å²) in [6.07, 6.45) is -9.64. The van der Waals surface area contributed by atoms with Crippen LogP contribution < -0.4 is 4.90 Å². The van der Waals surface area contributed by atoms with Gasteiger partial charge < -0.3 is 4.74 Å². The second-order valence-electron chi connectivity index (χ2n) is 5.71. The Kier molecular flexibility index (Phi) is 3.52. The maximum Gasteiger partial charge on any atom is 0.433 e. The highest BCUT2D eigenvalue weighted by Gasteiger charge is 2.39. The van der Waals surface area contributed by atoms with E-state index in [0.717, 1.165) is 21.6 Å². The predicted octanol–water partition coefficient (Wildman–Crippen LogP) is 3.88. The first-order valence-electron chi connectivity index (χ1n) is 7.47. The molecule has 0 radical (unpaired) electrons. The van der Waals surface area contributed by atoms with Crippen LogP contribution in [0.5, 0.6) is 0 Å². The Morgan fingerprint density at radius 2 is 1.78 bits per heavy atom. The molecule has 0 unspecified atom stereocenters. The molecular weight excluding hydrogens is 382 g/mol. The molecule has 0 N–H and O–H groups in total. The highest BCUT2D eigenvalue weighted by Crippen LogP contribution is 2.39. The van der Waals surface area contributed by atoms with Crippen molar-refractivity contribution in [3.8, 4) is 0 Å². The third-order valence-electron chi connectivity index (χ3n) is 4.02. The molecule has 0 atom stereocenters. The third kappa shape index (κ3) is 2.80. The second-order valence-corrected chi connectivity index (χ2v) is 5.71. The number of aromatic nitrogens is 3. The molecular formula is C15H8F6N4O2. The van der Waals surface area contributed by atoms with Gasteiger partial charge in [0.1, 0.15) is 23.6 Å². The minimum absolute atomic E-state index is 0.0240. The number of hydrogen-bond donors (Lipinski definition) is 0. The lowest BCUT2D eigenvalue weighted by Crippen LogP contribution is -2.23. The zero-order chi connectivity index (χ0) is 19.6. The first kappa shape index (κ1) is 17.4. The molecule has 0 aliphatic carbocycles. The van der Waals surface area contributed by atoms with Gasteiger partial charge in [0.15, 0.2) is 5.82 Å². The predicted molar refractivity (Wildman–Crippen MR) is 79.2 cm³/mol. The number of carbonyl (C=O) groups is 1. The lowest BCUT2D eigenvalue weighted by atomic mass is 10.1. The molecule has 6 nitrogen and oxygen atoms in total. The van der Waals surface area contributed by atoms with Crippen LogP contribution in [-0.4, -0.2) is 33.6 Å². The van der Waals surface area contributed by atoms with Crippen LogP contribution in [0.3, 0.4) is 0 Å². The van der Waals surface area contributed by atoms with E-state index in [4.69, 9.17) is 4.74 Å². The average Bonchev–Trinajstić information content (AvgIpc) is 3.17. The molecule has 3 aromatic heterocycles. The maximum atomic E-state index is 13.3. The first-order valence-corrected chi connectivity index (χ1v) is 7.47. The molecule has 4 rings (SSSR count). The number of carbonyl (C=O) groups excluding carboxylic acids is 1. The fraction of sp³-hybridized carbons (Fsp3) is 0.267. The van der Waals surface area contributed by atoms with Crippen molar-refractivity contribution >= 4 is 28.6 Å². The number of pyridine rings is 2. The van der Waals surface area contributed by atoms with E-state index in [2.05, 4.69) is 9.97 Å². The van der Waals surface area contributed by atoms with Gasteiger partial charge in [-0.3, -0.25) is 9.30 Å². The molecule has 1 aliphatic heterocycles. The van der Waals surface area contributed by atoms with Gasteiger partial charge >= 0.3 is 18.4 Å². The summed E-state index contributed by atoms with van der Waals surface area (Å²) in [6, 6.07) is 2.18. The minimum Gasteiger partial charge on any atom is -0.447 e. The van der Waals surface area contributed by atoms with E-state index in [0.29, 0.717) is 0 Å². The number of halogens is 6. The topological polar surface area (TPSA) is 59.7 Å². The fourth-order valence-electron chi connectivity index (χ4n) is 2.83. The summed E-state index contributed by atoms with van der Waals surface area (Å²) in [7, 11) is 0. The van der Waals surface area contributed by atoms with E-state index in [1.54, 1.807) is 0 Å². The number of rotatable bonds is 1. The largest absolute Gasteiger partial charge is 0.447 e. The molecule has 3 aromatic rings. The van der Waals surface area contributed by atoms with Gasteiger partial charge in [0.05, 0.1) is 18.3 Å². The highest BCUT2D eigenvalue weighted by molar-refractivity contribution is 5.89. The van der Waals surface area contributed by atoms with Crippen molar-refractivity contribution in [2.75, 3.05) is 18.1 Å². The van der Waals surface area contributed by atoms with Crippen LogP contribution in [0.25, 0.3) is 16.7 Å². The van der Waals surface area contributed by atoms with Gasteiger partial charge in [-0.15, -0.1) is 0 Å². The Morgan fingerprint density at radius 3 is 2.37 bits per heavy atom. The quantitative estimate of drug-likeness (QED) is 0.592. The molecule has 0 bridgehead atoms. The van der Waals surface area contributed by atoms with E-state index in [1.807, 2.05) is 0 Å². The van der Waals surface area contributed by atoms with Crippen molar-refractivity contribution in [3.63, 3.8) is 0 Å². The van der Waals surface area contributed by atoms with E-state index in [1.165, 1.54) is 6.07 Å². The van der Waals surface area contributed by atoms with Crippen molar-refractivity contribution in [2.45, 2.75) is 12.4 Å². The van der Waals surface area contributed by atoms with E-state index in [-0.39, 0.29) is 30.7 Å². The summed E-state index contributed by atoms with van der Waals surface area (Å²) < 4.78 is 84.8. The average molecular weight is 390 g/mol. The van der Waals surface area contributed by atoms with Crippen molar-refractivity contribution in [1.82, 2.24) is 14.4 Å². The maximum absolute atomic E-state index is 13.3. The number of alkyl halides is 6. The SMILES string of the molecule is O=C1OCCN1c1cn2c(ccc3c(C(F)(F)F)cc(C(F)(F)F)nc32)n1. The number of anilines is 1. The molecule has 1 fully saturated rings. The van der Waals surface area contributed by atoms with Crippen LogP contribution in [-0.2, 0) is 17.1 Å². The number of hydrogen-bond acceptors (Lipinski definition) is 4. The van der Waals surface area contributed by atoms with Gasteiger partial charge in [-0.05, 0) is 18.2 Å². The summed E-state index contributed by atoms with van der Waals surface area (Å²) in [4.78, 5) is 20.2. The summed E-state index contributed by atoms with van der Waals surface area (Å²) in [5.74, 6) is 0.0396. The fourth-order valence-corrected chi connectivity index (χ4v) is 2.83. The molecule has 12 heteroatoms. The molecule has 0 aromatic carbocycles. The minimum atomic E-state index is -5.07. The van der Waals surface area contributed by atoms with Crippen LogP contribution in [0.2, 0.25) is 0 Å². The van der Waals surface area contributed by atoms with E-state index < -0.39 is 40.7 Å². The monoisotopic (exact) mass is 390 g/mol. The number of fused-ring (bicyclic) bond motifs is 3. The van der Waals surface area contributed by atoms with E-state index >= 15 is 0 Å². The van der Waals surface area contributed by atoms with Crippen molar-refractivity contribution in [1.29, 1.82) is 0 Å². The van der Waals surface area contributed by atoms with Gasteiger partial charge in [0, 0.05) is 5.39 Å². The zero-order valence-corrected chi connectivity index (χ0v) is 13.1. The summed E-state index contributed by atoms with van der Waals surface area (Å²) in [6.45, 7) is 0.262. The van der Waals surface area contributed by atoms with Crippen molar-refractivity contribution < 1.29 is 35.9 Å². The van der Waals surface area contributed by atoms with Crippen LogP contribution >= 0.6 is 0 Å². The summed E-state index contributed by atoms with van der Waals surface area (Å²) in [5.41, 5.74) is -3.67. The number of ether oxygens (including phenoxy) is 1. The highest BCUT2D eigenvalue weighted by atomic mass is 19.4. The van der Waals surface area contributed by atoms with Crippen LogP contribution in [0, 0.1) is 0 Å². The van der Waals surface area contributed by atoms with Gasteiger partial charge in [0.25, 0.3) is 0 Å². The Morgan fingerprint density at radius 1 is 1.04 bits per heavy atom. The molecule has 0 spiro atoms. The first-order chi connectivity index (χ1) is 12.6. The molecule has 1 saturated heterocycles. The van der Waals surface area contributed by atoms with E-state index in [9.17, 15) is 31.1 Å². The Labute approximate surface area is 146 Å². The number of imidazole rings is 1. The number of amides is 1. The molecule has 1 aliphatic rings. The molecule has 142 valence electrons. The third-order valence-corrected chi connectivity index (χ3v) is 4.02. The summed E-state index contributed by atoms with van der Waals surface area (Å²) in [5, 5.41) is -0.518. The van der Waals surface area contributed by atoms with Crippen LogP contribution in [0.1, 0.15) is 11.3 Å².